The molecule has 8 heteroatoms. The van der Waals surface area contributed by atoms with Gasteiger partial charge in [-0.25, -0.2) is 9.97 Å². The van der Waals surface area contributed by atoms with Crippen molar-refractivity contribution < 1.29 is 4.79 Å². The highest BCUT2D eigenvalue weighted by Gasteiger charge is 2.22. The molecule has 3 heterocycles. The van der Waals surface area contributed by atoms with Crippen LogP contribution in [0.5, 0.6) is 0 Å². The van der Waals surface area contributed by atoms with Crippen molar-refractivity contribution in [1.82, 2.24) is 24.3 Å². The fraction of sp³-hybridized carbons (Fsp3) is 0.412. The zero-order valence-electron chi connectivity index (χ0n) is 14.5. The Kier molecular flexibility index (Phi) is 4.71. The smallest absolute Gasteiger partial charge is 0.271 e. The number of hydrogen-bond donors (Lipinski definition) is 1. The van der Waals surface area contributed by atoms with Crippen LogP contribution in [-0.2, 0) is 12.0 Å². The molecule has 1 N–H and O–H groups in total. The lowest BCUT2D eigenvalue weighted by Crippen LogP contribution is -2.33. The number of fused-ring (bicyclic) bond motifs is 1. The summed E-state index contributed by atoms with van der Waals surface area (Å²) in [6.07, 6.45) is 7.44. The van der Waals surface area contributed by atoms with E-state index in [9.17, 15) is 9.59 Å². The third-order valence-corrected chi connectivity index (χ3v) is 4.74. The maximum Gasteiger partial charge on any atom is 0.271 e. The van der Waals surface area contributed by atoms with E-state index in [2.05, 4.69) is 15.3 Å². The lowest BCUT2D eigenvalue weighted by molar-refractivity contribution is 0.0950. The number of rotatable bonds is 5. The normalized spacial score (nSPS) is 11.8. The summed E-state index contributed by atoms with van der Waals surface area (Å²) in [7, 11) is 0. The minimum absolute atomic E-state index is 0.0732. The van der Waals surface area contributed by atoms with Gasteiger partial charge in [-0.3, -0.25) is 14.0 Å². The van der Waals surface area contributed by atoms with Gasteiger partial charge in [-0.15, -0.1) is 11.3 Å². The van der Waals surface area contributed by atoms with Crippen molar-refractivity contribution in [2.45, 2.75) is 39.2 Å². The maximum absolute atomic E-state index is 12.8. The number of carbonyl (C=O) groups is 1. The van der Waals surface area contributed by atoms with Crippen molar-refractivity contribution in [3.05, 3.63) is 51.9 Å². The molecule has 0 aliphatic heterocycles. The van der Waals surface area contributed by atoms with Gasteiger partial charge in [0.2, 0.25) is 0 Å². The largest absolute Gasteiger partial charge is 0.352 e. The molecule has 7 nitrogen and oxygen atoms in total. The van der Waals surface area contributed by atoms with Crippen LogP contribution in [0.4, 0.5) is 0 Å². The fourth-order valence-corrected chi connectivity index (χ4v) is 3.62. The Morgan fingerprint density at radius 2 is 2.16 bits per heavy atom. The van der Waals surface area contributed by atoms with E-state index in [4.69, 9.17) is 0 Å². The van der Waals surface area contributed by atoms with E-state index < -0.39 is 0 Å². The van der Waals surface area contributed by atoms with Gasteiger partial charge in [0.25, 0.3) is 11.5 Å². The van der Waals surface area contributed by atoms with E-state index in [0.717, 1.165) is 18.7 Å². The number of aryl methyl sites for hydroxylation is 1. The molecule has 1 amide bonds. The molecule has 3 aromatic rings. The number of aromatic nitrogens is 4. The molecular formula is C17H21N5O2S. The minimum Gasteiger partial charge on any atom is -0.352 e. The summed E-state index contributed by atoms with van der Waals surface area (Å²) in [6.45, 7) is 7.33. The average molecular weight is 359 g/mol. The number of amides is 1. The molecule has 0 atom stereocenters. The van der Waals surface area contributed by atoms with E-state index in [0.29, 0.717) is 11.5 Å². The molecule has 0 aliphatic carbocycles. The lowest BCUT2D eigenvalue weighted by Gasteiger charge is -2.17. The first-order valence-corrected chi connectivity index (χ1v) is 8.99. The monoisotopic (exact) mass is 359 g/mol. The third-order valence-electron chi connectivity index (χ3n) is 3.90. The summed E-state index contributed by atoms with van der Waals surface area (Å²) in [4.78, 5) is 34.0. The lowest BCUT2D eigenvalue weighted by atomic mass is 9.93. The number of nitrogens with one attached hydrogen (secondary N) is 1. The molecule has 3 rings (SSSR count). The summed E-state index contributed by atoms with van der Waals surface area (Å²) < 4.78 is 3.49. The molecule has 0 aromatic carbocycles. The van der Waals surface area contributed by atoms with Gasteiger partial charge >= 0.3 is 0 Å². The molecule has 0 aliphatic rings. The van der Waals surface area contributed by atoms with Crippen molar-refractivity contribution in [2.75, 3.05) is 6.54 Å². The summed E-state index contributed by atoms with van der Waals surface area (Å²) >= 11 is 1.41. The van der Waals surface area contributed by atoms with Crippen LogP contribution < -0.4 is 10.9 Å². The Morgan fingerprint density at radius 3 is 2.84 bits per heavy atom. The first kappa shape index (κ1) is 17.3. The summed E-state index contributed by atoms with van der Waals surface area (Å²) in [5.41, 5.74) is 0.413. The SMILES string of the molecule is CC(C)(C)c1csc2ncc(C(=O)NCCCn3ccnc3)c(=O)n12. The van der Waals surface area contributed by atoms with Crippen molar-refractivity contribution >= 4 is 22.2 Å². The van der Waals surface area contributed by atoms with Gasteiger partial charge < -0.3 is 9.88 Å². The van der Waals surface area contributed by atoms with E-state index >= 15 is 0 Å². The Labute approximate surface area is 149 Å². The quantitative estimate of drug-likeness (QED) is 0.707. The molecule has 0 bridgehead atoms. The van der Waals surface area contributed by atoms with Crippen molar-refractivity contribution in [1.29, 1.82) is 0 Å². The zero-order chi connectivity index (χ0) is 18.0. The molecule has 0 saturated carbocycles. The summed E-state index contributed by atoms with van der Waals surface area (Å²) in [5, 5.41) is 4.72. The molecule has 0 fully saturated rings. The number of thiazole rings is 1. The van der Waals surface area contributed by atoms with Gasteiger partial charge in [0, 0.05) is 48.2 Å². The van der Waals surface area contributed by atoms with E-state index in [-0.39, 0.29) is 22.4 Å². The van der Waals surface area contributed by atoms with Gasteiger partial charge in [-0.1, -0.05) is 20.8 Å². The van der Waals surface area contributed by atoms with Crippen molar-refractivity contribution in [3.8, 4) is 0 Å². The van der Waals surface area contributed by atoms with Crippen LogP contribution >= 0.6 is 11.3 Å². The van der Waals surface area contributed by atoms with Gasteiger partial charge in [0.05, 0.1) is 6.33 Å². The van der Waals surface area contributed by atoms with Crippen molar-refractivity contribution in [3.63, 3.8) is 0 Å². The molecule has 0 unspecified atom stereocenters. The Bertz CT molecular complexity index is 934. The average Bonchev–Trinajstić information content (AvgIpc) is 3.20. The first-order valence-electron chi connectivity index (χ1n) is 8.11. The minimum atomic E-state index is -0.386. The van der Waals surface area contributed by atoms with Gasteiger partial charge in [-0.05, 0) is 6.42 Å². The maximum atomic E-state index is 12.8. The number of nitrogens with zero attached hydrogens (tertiary/aromatic N) is 4. The van der Waals surface area contributed by atoms with E-state index in [1.807, 2.05) is 36.9 Å². The van der Waals surface area contributed by atoms with Crippen LogP contribution in [0.1, 0.15) is 43.2 Å². The van der Waals surface area contributed by atoms with Crippen LogP contribution in [0.25, 0.3) is 4.96 Å². The highest BCUT2D eigenvalue weighted by molar-refractivity contribution is 7.15. The van der Waals surface area contributed by atoms with Crippen LogP contribution in [0.2, 0.25) is 0 Å². The van der Waals surface area contributed by atoms with Crippen molar-refractivity contribution in [2.24, 2.45) is 0 Å². The predicted molar refractivity (Wildman–Crippen MR) is 97.2 cm³/mol. The van der Waals surface area contributed by atoms with Crippen LogP contribution in [0.15, 0.2) is 35.1 Å². The number of imidazole rings is 1. The standard InChI is InChI=1S/C17H21N5O2S/c1-17(2,3)13-10-25-16-20-9-12(15(24)22(13)16)14(23)19-5-4-7-21-8-6-18-11-21/h6,8-11H,4-5,7H2,1-3H3,(H,19,23). The Morgan fingerprint density at radius 1 is 1.36 bits per heavy atom. The number of carbonyl (C=O) groups excluding carboxylic acids is 1. The molecule has 25 heavy (non-hydrogen) atoms. The second kappa shape index (κ2) is 6.79. The van der Waals surface area contributed by atoms with Crippen LogP contribution in [0, 0.1) is 0 Å². The Balaban J connectivity index is 1.75. The summed E-state index contributed by atoms with van der Waals surface area (Å²) in [5.74, 6) is -0.386. The molecule has 3 aromatic heterocycles. The second-order valence-electron chi connectivity index (χ2n) is 6.88. The fourth-order valence-electron chi connectivity index (χ4n) is 2.54. The molecule has 0 radical (unpaired) electrons. The van der Waals surface area contributed by atoms with Crippen LogP contribution in [-0.4, -0.2) is 31.4 Å². The summed E-state index contributed by atoms with van der Waals surface area (Å²) in [6, 6.07) is 0. The number of hydrogen-bond acceptors (Lipinski definition) is 5. The second-order valence-corrected chi connectivity index (χ2v) is 7.71. The Hall–Kier alpha value is -2.48. The molecule has 0 saturated heterocycles. The van der Waals surface area contributed by atoms with E-state index in [1.54, 1.807) is 16.9 Å². The molecule has 132 valence electrons. The van der Waals surface area contributed by atoms with Crippen LogP contribution in [0.3, 0.4) is 0 Å². The van der Waals surface area contributed by atoms with Gasteiger partial charge in [0.15, 0.2) is 4.96 Å². The van der Waals surface area contributed by atoms with E-state index in [1.165, 1.54) is 17.5 Å². The topological polar surface area (TPSA) is 81.3 Å². The van der Waals surface area contributed by atoms with Gasteiger partial charge in [0.1, 0.15) is 5.56 Å². The first-order chi connectivity index (χ1) is 11.9. The third kappa shape index (κ3) is 3.63. The van der Waals surface area contributed by atoms with Gasteiger partial charge in [-0.2, -0.15) is 0 Å². The molecule has 0 spiro atoms. The highest BCUT2D eigenvalue weighted by atomic mass is 32.1. The predicted octanol–water partition coefficient (Wildman–Crippen LogP) is 2.07. The molecular weight excluding hydrogens is 338 g/mol. The zero-order valence-corrected chi connectivity index (χ0v) is 15.3. The highest BCUT2D eigenvalue weighted by Crippen LogP contribution is 2.25.